The maximum absolute atomic E-state index is 12.8. The van der Waals surface area contributed by atoms with E-state index in [9.17, 15) is 4.79 Å². The molecule has 2 heterocycles. The van der Waals surface area contributed by atoms with Crippen molar-refractivity contribution in [2.24, 2.45) is 0 Å². The molecule has 0 radical (unpaired) electrons. The first-order chi connectivity index (χ1) is 14.2. The quantitative estimate of drug-likeness (QED) is 0.600. The molecule has 0 spiro atoms. The molecule has 0 bridgehead atoms. The second-order valence-electron chi connectivity index (χ2n) is 6.94. The molecule has 29 heavy (non-hydrogen) atoms. The fourth-order valence-corrected chi connectivity index (χ4v) is 3.48. The Bertz CT molecular complexity index is 1030. The van der Waals surface area contributed by atoms with Gasteiger partial charge in [0.1, 0.15) is 18.1 Å². The number of methoxy groups -OCH3 is 1. The number of nitrogens with one attached hydrogen (secondary N) is 3. The zero-order chi connectivity index (χ0) is 20.2. The van der Waals surface area contributed by atoms with Crippen molar-refractivity contribution in [3.63, 3.8) is 0 Å². The number of para-hydroxylation sites is 1. The van der Waals surface area contributed by atoms with Crippen LogP contribution >= 0.6 is 0 Å². The Morgan fingerprint density at radius 2 is 2.00 bits per heavy atom. The molecule has 1 aromatic heterocycles. The summed E-state index contributed by atoms with van der Waals surface area (Å²) >= 11 is 0. The van der Waals surface area contributed by atoms with Crippen molar-refractivity contribution in [3.05, 3.63) is 70.5 Å². The maximum Gasteiger partial charge on any atom is 0.276 e. The minimum atomic E-state index is -0.226. The number of benzene rings is 2. The second kappa shape index (κ2) is 8.36. The van der Waals surface area contributed by atoms with Gasteiger partial charge in [0.05, 0.1) is 7.11 Å². The third-order valence-corrected chi connectivity index (χ3v) is 5.13. The van der Waals surface area contributed by atoms with Gasteiger partial charge in [0.2, 0.25) is 0 Å². The first-order valence-corrected chi connectivity index (χ1v) is 9.60. The molecule has 7 heteroatoms. The minimum absolute atomic E-state index is 0.226. The van der Waals surface area contributed by atoms with E-state index in [4.69, 9.17) is 9.47 Å². The number of anilines is 1. The summed E-state index contributed by atoms with van der Waals surface area (Å²) in [4.78, 5) is 12.8. The Hall–Kier alpha value is -3.32. The Balaban J connectivity index is 1.49. The van der Waals surface area contributed by atoms with Gasteiger partial charge in [-0.3, -0.25) is 9.89 Å². The summed E-state index contributed by atoms with van der Waals surface area (Å²) in [6.45, 7) is 3.84. The Labute approximate surface area is 169 Å². The standard InChI is InChI=1S/C22H24N4O3/c1-14-17(24-22(27)21-16-12-23-11-10-18(16)25-26-21)7-5-9-19(14)29-13-15-6-3-4-8-20(15)28-2/h3-9,23H,10-13H2,1-2H3,(H,24,27)(H,25,26). The number of aromatic amines is 1. The summed E-state index contributed by atoms with van der Waals surface area (Å²) in [5.41, 5.74) is 4.92. The fraction of sp³-hybridized carbons (Fsp3) is 0.273. The van der Waals surface area contributed by atoms with E-state index in [1.807, 2.05) is 49.4 Å². The number of aromatic nitrogens is 2. The normalized spacial score (nSPS) is 12.9. The van der Waals surface area contributed by atoms with Gasteiger partial charge in [-0.1, -0.05) is 24.3 Å². The van der Waals surface area contributed by atoms with Gasteiger partial charge in [0.25, 0.3) is 5.91 Å². The molecule has 1 aliphatic heterocycles. The lowest BCUT2D eigenvalue weighted by Crippen LogP contribution is -2.25. The molecule has 0 unspecified atom stereocenters. The highest BCUT2D eigenvalue weighted by atomic mass is 16.5. The molecule has 1 aliphatic rings. The number of ether oxygens (including phenoxy) is 2. The van der Waals surface area contributed by atoms with Crippen LogP contribution in [0.4, 0.5) is 5.69 Å². The third kappa shape index (κ3) is 3.95. The molecule has 0 fully saturated rings. The van der Waals surface area contributed by atoms with Crippen molar-refractivity contribution in [2.45, 2.75) is 26.5 Å². The predicted molar refractivity (Wildman–Crippen MR) is 110 cm³/mol. The molecular formula is C22H24N4O3. The SMILES string of the molecule is COc1ccccc1COc1cccc(NC(=O)c2n[nH]c3c2CNCC3)c1C. The summed E-state index contributed by atoms with van der Waals surface area (Å²) in [5, 5.41) is 13.4. The maximum atomic E-state index is 12.8. The Morgan fingerprint density at radius 3 is 2.86 bits per heavy atom. The summed E-state index contributed by atoms with van der Waals surface area (Å²) in [7, 11) is 1.64. The summed E-state index contributed by atoms with van der Waals surface area (Å²) < 4.78 is 11.4. The minimum Gasteiger partial charge on any atom is -0.496 e. The lowest BCUT2D eigenvalue weighted by Gasteiger charge is -2.15. The summed E-state index contributed by atoms with van der Waals surface area (Å²) in [6, 6.07) is 13.4. The Morgan fingerprint density at radius 1 is 1.17 bits per heavy atom. The number of rotatable bonds is 6. The fourth-order valence-electron chi connectivity index (χ4n) is 3.48. The van der Waals surface area contributed by atoms with Crippen molar-refractivity contribution in [1.82, 2.24) is 15.5 Å². The van der Waals surface area contributed by atoms with Gasteiger partial charge in [0, 0.05) is 47.6 Å². The average molecular weight is 392 g/mol. The van der Waals surface area contributed by atoms with Gasteiger partial charge < -0.3 is 20.1 Å². The molecule has 7 nitrogen and oxygen atoms in total. The van der Waals surface area contributed by atoms with Gasteiger partial charge in [-0.25, -0.2) is 0 Å². The molecule has 4 rings (SSSR count). The van der Waals surface area contributed by atoms with Gasteiger partial charge in [-0.15, -0.1) is 0 Å². The Kier molecular flexibility index (Phi) is 5.48. The first kappa shape index (κ1) is 19.0. The predicted octanol–water partition coefficient (Wildman–Crippen LogP) is 3.20. The molecule has 0 aliphatic carbocycles. The number of H-pyrrole nitrogens is 1. The van der Waals surface area contributed by atoms with E-state index in [0.717, 1.165) is 41.1 Å². The molecular weight excluding hydrogens is 368 g/mol. The van der Waals surface area contributed by atoms with Crippen LogP contribution in [0.25, 0.3) is 0 Å². The number of carbonyl (C=O) groups is 1. The monoisotopic (exact) mass is 392 g/mol. The molecule has 150 valence electrons. The van der Waals surface area contributed by atoms with Gasteiger partial charge in [-0.05, 0) is 25.1 Å². The number of carbonyl (C=O) groups excluding carboxylic acids is 1. The van der Waals surface area contributed by atoms with Crippen molar-refractivity contribution >= 4 is 11.6 Å². The zero-order valence-electron chi connectivity index (χ0n) is 16.5. The van der Waals surface area contributed by atoms with Crippen LogP contribution < -0.4 is 20.1 Å². The molecule has 3 aromatic rings. The highest BCUT2D eigenvalue weighted by molar-refractivity contribution is 6.04. The van der Waals surface area contributed by atoms with Crippen molar-refractivity contribution in [3.8, 4) is 11.5 Å². The molecule has 0 atom stereocenters. The molecule has 1 amide bonds. The molecule has 2 aromatic carbocycles. The second-order valence-corrected chi connectivity index (χ2v) is 6.94. The number of fused-ring (bicyclic) bond motifs is 1. The first-order valence-electron chi connectivity index (χ1n) is 9.60. The van der Waals surface area contributed by atoms with Crippen LogP contribution in [-0.4, -0.2) is 29.8 Å². The average Bonchev–Trinajstić information content (AvgIpc) is 3.19. The van der Waals surface area contributed by atoms with Crippen molar-refractivity contribution < 1.29 is 14.3 Å². The smallest absolute Gasteiger partial charge is 0.276 e. The zero-order valence-corrected chi connectivity index (χ0v) is 16.5. The van der Waals surface area contributed by atoms with Gasteiger partial charge >= 0.3 is 0 Å². The van der Waals surface area contributed by atoms with Gasteiger partial charge in [-0.2, -0.15) is 5.10 Å². The van der Waals surface area contributed by atoms with Crippen LogP contribution in [0.3, 0.4) is 0 Å². The number of hydrogen-bond donors (Lipinski definition) is 3. The van der Waals surface area contributed by atoms with E-state index in [2.05, 4.69) is 20.8 Å². The third-order valence-electron chi connectivity index (χ3n) is 5.13. The van der Waals surface area contributed by atoms with Crippen LogP contribution in [0.1, 0.15) is 32.9 Å². The van der Waals surface area contributed by atoms with E-state index in [0.29, 0.717) is 30.3 Å². The molecule has 0 saturated heterocycles. The van der Waals surface area contributed by atoms with E-state index >= 15 is 0 Å². The van der Waals surface area contributed by atoms with E-state index in [1.165, 1.54) is 0 Å². The number of amides is 1. The molecule has 0 saturated carbocycles. The van der Waals surface area contributed by atoms with Gasteiger partial charge in [0.15, 0.2) is 5.69 Å². The summed E-state index contributed by atoms with van der Waals surface area (Å²) in [5.74, 6) is 1.27. The lowest BCUT2D eigenvalue weighted by atomic mass is 10.1. The summed E-state index contributed by atoms with van der Waals surface area (Å²) in [6.07, 6.45) is 0.848. The van der Waals surface area contributed by atoms with E-state index in [-0.39, 0.29) is 5.91 Å². The molecule has 3 N–H and O–H groups in total. The van der Waals surface area contributed by atoms with Crippen LogP contribution in [0, 0.1) is 6.92 Å². The van der Waals surface area contributed by atoms with Crippen molar-refractivity contribution in [1.29, 1.82) is 0 Å². The van der Waals surface area contributed by atoms with Crippen LogP contribution in [0.5, 0.6) is 11.5 Å². The lowest BCUT2D eigenvalue weighted by molar-refractivity contribution is 0.102. The highest BCUT2D eigenvalue weighted by Crippen LogP contribution is 2.28. The van der Waals surface area contributed by atoms with Crippen LogP contribution in [0.15, 0.2) is 42.5 Å². The number of nitrogens with zero attached hydrogens (tertiary/aromatic N) is 1. The van der Waals surface area contributed by atoms with Crippen molar-refractivity contribution in [2.75, 3.05) is 19.0 Å². The highest BCUT2D eigenvalue weighted by Gasteiger charge is 2.22. The van der Waals surface area contributed by atoms with Crippen LogP contribution in [-0.2, 0) is 19.6 Å². The van der Waals surface area contributed by atoms with Crippen LogP contribution in [0.2, 0.25) is 0 Å². The number of hydrogen-bond acceptors (Lipinski definition) is 5. The van der Waals surface area contributed by atoms with E-state index < -0.39 is 0 Å². The topological polar surface area (TPSA) is 88.3 Å². The van der Waals surface area contributed by atoms with E-state index in [1.54, 1.807) is 7.11 Å². The largest absolute Gasteiger partial charge is 0.496 e.